The van der Waals surface area contributed by atoms with E-state index in [1.807, 2.05) is 4.90 Å². The number of nitriles is 1. The number of carbonyl (C=O) groups excluding carboxylic acids is 2. The molecule has 0 unspecified atom stereocenters. The molecule has 220 valence electrons. The van der Waals surface area contributed by atoms with Crippen molar-refractivity contribution < 1.29 is 45.4 Å². The lowest BCUT2D eigenvalue weighted by Crippen LogP contribution is -2.50. The van der Waals surface area contributed by atoms with Crippen molar-refractivity contribution in [2.75, 3.05) is 83.5 Å². The van der Waals surface area contributed by atoms with Gasteiger partial charge in [0, 0.05) is 51.0 Å². The molecule has 0 aromatic heterocycles. The van der Waals surface area contributed by atoms with Gasteiger partial charge in [-0.3, -0.25) is 14.5 Å². The minimum Gasteiger partial charge on any atom is -0.382 e. The Hall–Kier alpha value is -2.87. The maximum absolute atomic E-state index is 13.4. The minimum atomic E-state index is -4.84. The van der Waals surface area contributed by atoms with Crippen molar-refractivity contribution in [1.82, 2.24) is 9.21 Å². The van der Waals surface area contributed by atoms with Gasteiger partial charge < -0.3 is 14.2 Å². The second-order valence-electron chi connectivity index (χ2n) is 9.10. The molecular formula is C25H31F3N4O7S. The van der Waals surface area contributed by atoms with E-state index in [9.17, 15) is 31.2 Å². The summed E-state index contributed by atoms with van der Waals surface area (Å²) in [6, 6.07) is 4.13. The largest absolute Gasteiger partial charge is 0.417 e. The Morgan fingerprint density at radius 3 is 2.20 bits per heavy atom. The number of amides is 2. The van der Waals surface area contributed by atoms with Gasteiger partial charge in [-0.1, -0.05) is 0 Å². The van der Waals surface area contributed by atoms with E-state index in [0.717, 1.165) is 12.1 Å². The lowest BCUT2D eigenvalue weighted by molar-refractivity contribution is -0.138. The molecule has 1 aromatic carbocycles. The van der Waals surface area contributed by atoms with Crippen molar-refractivity contribution in [3.63, 3.8) is 0 Å². The average molecular weight is 589 g/mol. The van der Waals surface area contributed by atoms with Crippen molar-refractivity contribution in [3.8, 4) is 6.07 Å². The molecule has 0 atom stereocenters. The SMILES string of the molecule is COCCOCCOCCS(=O)(=O)N1CCN(CC2=C(C)C(=O)N(c3ccc(C#N)c(C(F)(F)F)c3)C2=O)CC1. The number of sulfonamides is 1. The zero-order chi connectivity index (χ0) is 29.5. The second-order valence-corrected chi connectivity index (χ2v) is 11.2. The summed E-state index contributed by atoms with van der Waals surface area (Å²) in [5, 5.41) is 9.01. The first kappa shape index (κ1) is 31.7. The van der Waals surface area contributed by atoms with Gasteiger partial charge in [0.05, 0.1) is 61.7 Å². The van der Waals surface area contributed by atoms with E-state index in [-0.39, 0.29) is 55.4 Å². The fraction of sp³-hybridized carbons (Fsp3) is 0.560. The first-order valence-electron chi connectivity index (χ1n) is 12.4. The number of anilines is 1. The summed E-state index contributed by atoms with van der Waals surface area (Å²) in [5.74, 6) is -1.69. The zero-order valence-corrected chi connectivity index (χ0v) is 23.0. The third-order valence-electron chi connectivity index (χ3n) is 6.52. The molecule has 3 rings (SSSR count). The fourth-order valence-electron chi connectivity index (χ4n) is 4.26. The average Bonchev–Trinajstić information content (AvgIpc) is 3.12. The summed E-state index contributed by atoms with van der Waals surface area (Å²) < 4.78 is 82.3. The predicted molar refractivity (Wildman–Crippen MR) is 137 cm³/mol. The molecule has 2 aliphatic rings. The Balaban J connectivity index is 1.55. The number of hydrogen-bond acceptors (Lipinski definition) is 9. The maximum Gasteiger partial charge on any atom is 0.417 e. The summed E-state index contributed by atoms with van der Waals surface area (Å²) in [5.41, 5.74) is -1.92. The van der Waals surface area contributed by atoms with Crippen LogP contribution in [-0.2, 0) is 40.0 Å². The molecule has 1 aromatic rings. The highest BCUT2D eigenvalue weighted by Gasteiger charge is 2.40. The first-order valence-corrected chi connectivity index (χ1v) is 14.1. The van der Waals surface area contributed by atoms with Crippen LogP contribution in [-0.4, -0.2) is 108 Å². The van der Waals surface area contributed by atoms with Crippen molar-refractivity contribution in [1.29, 1.82) is 5.26 Å². The van der Waals surface area contributed by atoms with Crippen LogP contribution in [0.25, 0.3) is 0 Å². The number of carbonyl (C=O) groups is 2. The molecule has 2 amide bonds. The van der Waals surface area contributed by atoms with Gasteiger partial charge >= 0.3 is 6.18 Å². The van der Waals surface area contributed by atoms with Gasteiger partial charge in [-0.05, 0) is 25.1 Å². The van der Waals surface area contributed by atoms with E-state index in [1.165, 1.54) is 17.3 Å². The lowest BCUT2D eigenvalue weighted by Gasteiger charge is -2.34. The Bertz CT molecular complexity index is 1270. The van der Waals surface area contributed by atoms with Gasteiger partial charge in [0.25, 0.3) is 11.8 Å². The Morgan fingerprint density at radius 2 is 1.60 bits per heavy atom. The highest BCUT2D eigenvalue weighted by Crippen LogP contribution is 2.36. The molecule has 0 bridgehead atoms. The summed E-state index contributed by atoms with van der Waals surface area (Å²) >= 11 is 0. The van der Waals surface area contributed by atoms with Gasteiger partial charge in [0.15, 0.2) is 0 Å². The molecular weight excluding hydrogens is 557 g/mol. The quantitative estimate of drug-likeness (QED) is 0.248. The van der Waals surface area contributed by atoms with E-state index in [2.05, 4.69) is 0 Å². The van der Waals surface area contributed by atoms with Crippen LogP contribution >= 0.6 is 0 Å². The smallest absolute Gasteiger partial charge is 0.382 e. The van der Waals surface area contributed by atoms with Gasteiger partial charge in [0.1, 0.15) is 0 Å². The van der Waals surface area contributed by atoms with Crippen LogP contribution in [0.2, 0.25) is 0 Å². The summed E-state index contributed by atoms with van der Waals surface area (Å²) in [7, 11) is -2.01. The highest BCUT2D eigenvalue weighted by atomic mass is 32.2. The van der Waals surface area contributed by atoms with Crippen LogP contribution in [0.5, 0.6) is 0 Å². The van der Waals surface area contributed by atoms with E-state index >= 15 is 0 Å². The number of ether oxygens (including phenoxy) is 3. The zero-order valence-electron chi connectivity index (χ0n) is 22.2. The molecule has 2 aliphatic heterocycles. The number of benzene rings is 1. The van der Waals surface area contributed by atoms with Crippen molar-refractivity contribution >= 4 is 27.5 Å². The molecule has 0 aliphatic carbocycles. The van der Waals surface area contributed by atoms with E-state index in [4.69, 9.17) is 19.5 Å². The normalized spacial score (nSPS) is 17.6. The van der Waals surface area contributed by atoms with Gasteiger partial charge in [-0.2, -0.15) is 22.7 Å². The number of rotatable bonds is 13. The number of methoxy groups -OCH3 is 1. The predicted octanol–water partition coefficient (Wildman–Crippen LogP) is 1.39. The van der Waals surface area contributed by atoms with E-state index in [0.29, 0.717) is 43.9 Å². The van der Waals surface area contributed by atoms with Crippen LogP contribution in [0, 0.1) is 11.3 Å². The standard InChI is InChI=1S/C25H31F3N4O7S/c1-18-21(24(34)32(23(18)33)20-4-3-19(16-29)22(15-20)25(26,27)28)17-30-5-7-31(8-6-30)40(35,36)14-13-39-12-11-38-10-9-37-2/h3-4,15H,5-14,17H2,1-2H3. The van der Waals surface area contributed by atoms with Crippen LogP contribution in [0.15, 0.2) is 29.3 Å². The first-order chi connectivity index (χ1) is 18.9. The molecule has 0 radical (unpaired) electrons. The number of hydrogen-bond donors (Lipinski definition) is 0. The number of halogens is 3. The fourth-order valence-corrected chi connectivity index (χ4v) is 5.56. The third-order valence-corrected chi connectivity index (χ3v) is 8.36. The number of nitrogens with zero attached hydrogens (tertiary/aromatic N) is 4. The monoisotopic (exact) mass is 588 g/mol. The van der Waals surface area contributed by atoms with E-state index < -0.39 is 39.1 Å². The molecule has 40 heavy (non-hydrogen) atoms. The van der Waals surface area contributed by atoms with Gasteiger partial charge in [0.2, 0.25) is 10.0 Å². The molecule has 0 saturated carbocycles. The molecule has 1 fully saturated rings. The number of imide groups is 1. The van der Waals surface area contributed by atoms with Crippen LogP contribution in [0.3, 0.4) is 0 Å². The third kappa shape index (κ3) is 7.65. The molecule has 11 nitrogen and oxygen atoms in total. The number of alkyl halides is 3. The Kier molecular flexibility index (Phi) is 10.8. The van der Waals surface area contributed by atoms with Crippen LogP contribution in [0.4, 0.5) is 18.9 Å². The maximum atomic E-state index is 13.4. The summed E-state index contributed by atoms with van der Waals surface area (Å²) in [4.78, 5) is 28.5. The molecule has 0 spiro atoms. The molecule has 1 saturated heterocycles. The summed E-state index contributed by atoms with van der Waals surface area (Å²) in [6.07, 6.45) is -4.84. The Labute approximate surface area is 230 Å². The molecule has 2 heterocycles. The second kappa shape index (κ2) is 13.7. The number of piperazine rings is 1. The van der Waals surface area contributed by atoms with Gasteiger partial charge in [-0.25, -0.2) is 13.3 Å². The summed E-state index contributed by atoms with van der Waals surface area (Å²) in [6.45, 7) is 3.86. The van der Waals surface area contributed by atoms with Crippen LogP contribution < -0.4 is 4.90 Å². The van der Waals surface area contributed by atoms with Crippen molar-refractivity contribution in [3.05, 3.63) is 40.5 Å². The minimum absolute atomic E-state index is 0.0140. The topological polar surface area (TPSA) is 129 Å². The lowest BCUT2D eigenvalue weighted by atomic mass is 10.1. The van der Waals surface area contributed by atoms with Crippen molar-refractivity contribution in [2.24, 2.45) is 0 Å². The highest BCUT2D eigenvalue weighted by molar-refractivity contribution is 7.89. The molecule has 0 N–H and O–H groups in total. The molecule has 15 heteroatoms. The van der Waals surface area contributed by atoms with E-state index in [1.54, 1.807) is 7.11 Å². The Morgan fingerprint density at radius 1 is 0.975 bits per heavy atom. The van der Waals surface area contributed by atoms with Crippen molar-refractivity contribution in [2.45, 2.75) is 13.1 Å². The van der Waals surface area contributed by atoms with Crippen LogP contribution in [0.1, 0.15) is 18.1 Å². The van der Waals surface area contributed by atoms with Gasteiger partial charge in [-0.15, -0.1) is 0 Å².